The average molecular weight is 533 g/mol. The molecule has 0 aromatic heterocycles. The monoisotopic (exact) mass is 532 g/mol. The van der Waals surface area contributed by atoms with Crippen LogP contribution in [-0.4, -0.2) is 52.9 Å². The van der Waals surface area contributed by atoms with Crippen LogP contribution in [0, 0.1) is 28.6 Å². The van der Waals surface area contributed by atoms with Crippen molar-refractivity contribution in [3.63, 3.8) is 0 Å². The number of aliphatic hydroxyl groups excluding tert-OH is 2. The second-order valence-corrected chi connectivity index (χ2v) is 11.9. The van der Waals surface area contributed by atoms with Crippen molar-refractivity contribution in [1.82, 2.24) is 0 Å². The van der Waals surface area contributed by atoms with Crippen molar-refractivity contribution in [3.8, 4) is 0 Å². The number of aliphatic hydroxyl groups is 2. The van der Waals surface area contributed by atoms with Gasteiger partial charge < -0.3 is 24.9 Å². The fraction of sp³-hybridized carbons (Fsp3) is 0.774. The number of ether oxygens (including phenoxy) is 1. The normalized spacial score (nSPS) is 31.8. The number of rotatable bonds is 18. The van der Waals surface area contributed by atoms with E-state index in [1.165, 1.54) is 12.8 Å². The van der Waals surface area contributed by atoms with Crippen molar-refractivity contribution in [3.05, 3.63) is 23.8 Å². The molecule has 3 rings (SSSR count). The molecule has 0 aromatic carbocycles. The number of unbranched alkanes of at least 4 members (excludes halogenated alkanes) is 9. The molecule has 0 aliphatic heterocycles. The highest BCUT2D eigenvalue weighted by Gasteiger charge is 2.71. The van der Waals surface area contributed by atoms with Crippen molar-refractivity contribution in [1.29, 1.82) is 0 Å². The van der Waals surface area contributed by atoms with E-state index < -0.39 is 22.9 Å². The lowest BCUT2D eigenvalue weighted by atomic mass is 9.66. The van der Waals surface area contributed by atoms with Crippen LogP contribution in [0.25, 0.3) is 0 Å². The van der Waals surface area contributed by atoms with Gasteiger partial charge in [-0.05, 0) is 75.7 Å². The molecular weight excluding hydrogens is 484 g/mol. The molecule has 1 spiro atoms. The summed E-state index contributed by atoms with van der Waals surface area (Å²) in [7, 11) is 0. The van der Waals surface area contributed by atoms with Gasteiger partial charge in [-0.15, -0.1) is 0 Å². The van der Waals surface area contributed by atoms with Crippen LogP contribution in [-0.2, 0) is 19.1 Å². The third-order valence-electron chi connectivity index (χ3n) is 9.70. The lowest BCUT2D eigenvalue weighted by Gasteiger charge is -2.42. The topological polar surface area (TPSA) is 121 Å². The Hall–Kier alpha value is -1.99. The number of hydrogen-bond donors (Lipinski definition) is 3. The number of carboxylic acid groups (broad SMARTS) is 1. The number of aliphatic carboxylic acids is 1. The van der Waals surface area contributed by atoms with Gasteiger partial charge in [0.05, 0.1) is 0 Å². The minimum atomic E-state index is -1.04. The molecule has 0 heterocycles. The Labute approximate surface area is 227 Å². The molecule has 0 aromatic rings. The number of allylic oxidation sites excluding steroid dienone is 2. The van der Waals surface area contributed by atoms with Crippen LogP contribution in [0.2, 0.25) is 0 Å². The zero-order chi connectivity index (χ0) is 27.6. The summed E-state index contributed by atoms with van der Waals surface area (Å²) in [6.07, 6.45) is 20.0. The highest BCUT2D eigenvalue weighted by Crippen LogP contribution is 2.71. The minimum absolute atomic E-state index is 0.0635. The van der Waals surface area contributed by atoms with E-state index in [-0.39, 0.29) is 48.9 Å². The first-order valence-electron chi connectivity index (χ1n) is 14.8. The Bertz CT molecular complexity index is 864. The molecule has 0 radical (unpaired) electrons. The Morgan fingerprint density at radius 2 is 1.61 bits per heavy atom. The van der Waals surface area contributed by atoms with Crippen molar-refractivity contribution < 1.29 is 34.4 Å². The van der Waals surface area contributed by atoms with E-state index in [2.05, 4.69) is 12.2 Å². The van der Waals surface area contributed by atoms with Crippen molar-refractivity contribution in [2.75, 3.05) is 13.2 Å². The van der Waals surface area contributed by atoms with Gasteiger partial charge in [0, 0.05) is 42.0 Å². The van der Waals surface area contributed by atoms with Gasteiger partial charge in [-0.2, -0.15) is 0 Å². The molecule has 3 N–H and O–H groups in total. The zero-order valence-electron chi connectivity index (χ0n) is 23.1. The largest absolute Gasteiger partial charge is 0.478 e. The van der Waals surface area contributed by atoms with E-state index in [4.69, 9.17) is 9.84 Å². The van der Waals surface area contributed by atoms with Crippen LogP contribution in [0.5, 0.6) is 0 Å². The number of carbonyl (C=O) groups excluding carboxylic acids is 2. The SMILES string of the molecule is CC1(CO)C2CC3(C(C=O)CCC13)C(OC(=O)CCCCCCCC=CCCCCCCO)C=C2C(=O)O. The lowest BCUT2D eigenvalue weighted by Crippen LogP contribution is -2.45. The van der Waals surface area contributed by atoms with Crippen LogP contribution in [0.3, 0.4) is 0 Å². The highest BCUT2D eigenvalue weighted by molar-refractivity contribution is 5.88. The van der Waals surface area contributed by atoms with Gasteiger partial charge in [0.2, 0.25) is 0 Å². The first-order chi connectivity index (χ1) is 18.3. The zero-order valence-corrected chi connectivity index (χ0v) is 23.1. The molecule has 0 saturated heterocycles. The molecule has 3 aliphatic rings. The first kappa shape index (κ1) is 30.6. The van der Waals surface area contributed by atoms with Crippen LogP contribution in [0.4, 0.5) is 0 Å². The van der Waals surface area contributed by atoms with Crippen LogP contribution in [0.15, 0.2) is 23.8 Å². The fourth-order valence-electron chi connectivity index (χ4n) is 7.64. The van der Waals surface area contributed by atoms with Crippen molar-refractivity contribution in [2.45, 2.75) is 109 Å². The molecule has 0 amide bonds. The lowest BCUT2D eigenvalue weighted by molar-refractivity contribution is -0.158. The van der Waals surface area contributed by atoms with Crippen molar-refractivity contribution in [2.24, 2.45) is 28.6 Å². The van der Waals surface area contributed by atoms with Gasteiger partial charge in [-0.1, -0.05) is 51.2 Å². The number of esters is 1. The summed E-state index contributed by atoms with van der Waals surface area (Å²) in [6.45, 7) is 2.06. The van der Waals surface area contributed by atoms with Gasteiger partial charge in [0.25, 0.3) is 0 Å². The second-order valence-electron chi connectivity index (χ2n) is 11.9. The average Bonchev–Trinajstić information content (AvgIpc) is 3.37. The Kier molecular flexibility index (Phi) is 11.6. The molecule has 6 unspecified atom stereocenters. The molecule has 7 heteroatoms. The second kappa shape index (κ2) is 14.4. The summed E-state index contributed by atoms with van der Waals surface area (Å²) in [5, 5.41) is 29.0. The van der Waals surface area contributed by atoms with E-state index in [9.17, 15) is 24.6 Å². The van der Waals surface area contributed by atoms with E-state index in [1.54, 1.807) is 6.08 Å². The predicted molar refractivity (Wildman–Crippen MR) is 145 cm³/mol. The maximum Gasteiger partial charge on any atom is 0.331 e. The number of carbonyl (C=O) groups is 3. The molecule has 214 valence electrons. The van der Waals surface area contributed by atoms with E-state index in [1.807, 2.05) is 6.92 Å². The summed E-state index contributed by atoms with van der Waals surface area (Å²) in [6, 6.07) is 0. The van der Waals surface area contributed by atoms with Gasteiger partial charge in [-0.3, -0.25) is 4.79 Å². The molecule has 6 atom stereocenters. The van der Waals surface area contributed by atoms with E-state index >= 15 is 0 Å². The Morgan fingerprint density at radius 3 is 2.21 bits per heavy atom. The molecule has 2 bridgehead atoms. The van der Waals surface area contributed by atoms with Crippen molar-refractivity contribution >= 4 is 18.2 Å². The van der Waals surface area contributed by atoms with Crippen LogP contribution < -0.4 is 0 Å². The standard InChI is InChI=1S/C31H48O7/c1-30(22-34)25-20-31(23(21-33)16-17-26(30)31)27(19-24(25)29(36)37)38-28(35)15-13-11-9-7-5-3-2-4-6-8-10-12-14-18-32/h2,4,19,21,23,25-27,32,34H,3,5-18,20,22H2,1H3,(H,36,37). The van der Waals surface area contributed by atoms with Gasteiger partial charge in [0.15, 0.2) is 0 Å². The highest BCUT2D eigenvalue weighted by atomic mass is 16.5. The predicted octanol–water partition coefficient (Wildman–Crippen LogP) is 5.38. The summed E-state index contributed by atoms with van der Waals surface area (Å²) in [5.41, 5.74) is -1.05. The summed E-state index contributed by atoms with van der Waals surface area (Å²) in [4.78, 5) is 37.0. The maximum absolute atomic E-state index is 12.8. The number of hydrogen-bond acceptors (Lipinski definition) is 6. The summed E-state index contributed by atoms with van der Waals surface area (Å²) in [5.74, 6) is -2.08. The van der Waals surface area contributed by atoms with Crippen LogP contribution in [0.1, 0.15) is 103 Å². The molecule has 2 fully saturated rings. The Morgan fingerprint density at radius 1 is 0.974 bits per heavy atom. The maximum atomic E-state index is 12.8. The molecule has 7 nitrogen and oxygen atoms in total. The van der Waals surface area contributed by atoms with Gasteiger partial charge >= 0.3 is 11.9 Å². The number of fused-ring (bicyclic) bond motifs is 1. The smallest absolute Gasteiger partial charge is 0.331 e. The van der Waals surface area contributed by atoms with Crippen LogP contribution >= 0.6 is 0 Å². The molecule has 2 saturated carbocycles. The minimum Gasteiger partial charge on any atom is -0.478 e. The fourth-order valence-corrected chi connectivity index (χ4v) is 7.64. The molecule has 38 heavy (non-hydrogen) atoms. The quantitative estimate of drug-likeness (QED) is 0.0937. The summed E-state index contributed by atoms with van der Waals surface area (Å²) < 4.78 is 5.95. The number of carboxylic acids is 1. The third-order valence-corrected chi connectivity index (χ3v) is 9.70. The summed E-state index contributed by atoms with van der Waals surface area (Å²) >= 11 is 0. The third kappa shape index (κ3) is 6.59. The number of aldehydes is 1. The van der Waals surface area contributed by atoms with Gasteiger partial charge in [-0.25, -0.2) is 4.79 Å². The Balaban J connectivity index is 1.43. The van der Waals surface area contributed by atoms with E-state index in [0.717, 1.165) is 70.5 Å². The van der Waals surface area contributed by atoms with Gasteiger partial charge in [0.1, 0.15) is 12.4 Å². The molecule has 3 aliphatic carbocycles. The molecular formula is C31H48O7. The first-order valence-corrected chi connectivity index (χ1v) is 14.8. The van der Waals surface area contributed by atoms with E-state index in [0.29, 0.717) is 12.8 Å².